The van der Waals surface area contributed by atoms with Crippen molar-refractivity contribution in [1.82, 2.24) is 9.80 Å². The molecule has 2 aromatic carbocycles. The van der Waals surface area contributed by atoms with Crippen LogP contribution < -0.4 is 0 Å². The van der Waals surface area contributed by atoms with E-state index in [2.05, 4.69) is 84.4 Å². The number of hydrogen-bond donors (Lipinski definition) is 0. The Morgan fingerprint density at radius 1 is 0.833 bits per heavy atom. The zero-order chi connectivity index (χ0) is 17.0. The quantitative estimate of drug-likeness (QED) is 0.550. The molecule has 0 fully saturated rings. The summed E-state index contributed by atoms with van der Waals surface area (Å²) in [5.41, 5.74) is 1.41. The molecule has 0 aliphatic heterocycles. The van der Waals surface area contributed by atoms with Crippen molar-refractivity contribution in [1.29, 1.82) is 0 Å². The topological polar surface area (TPSA) is 6.48 Å². The molecule has 24 heavy (non-hydrogen) atoms. The van der Waals surface area contributed by atoms with E-state index < -0.39 is 0 Å². The van der Waals surface area contributed by atoms with Gasteiger partial charge in [0.1, 0.15) is 0 Å². The van der Waals surface area contributed by atoms with E-state index in [1.807, 2.05) is 11.8 Å². The number of rotatable bonds is 11. The van der Waals surface area contributed by atoms with Crippen molar-refractivity contribution in [3.05, 3.63) is 66.2 Å². The van der Waals surface area contributed by atoms with Gasteiger partial charge in [0, 0.05) is 23.7 Å². The van der Waals surface area contributed by atoms with Gasteiger partial charge in [-0.15, -0.1) is 11.8 Å². The fourth-order valence-electron chi connectivity index (χ4n) is 2.64. The SMILES string of the molecule is CCN(C)CCCN(CCSc1ccccc1)Cc1ccccc1. The molecule has 0 atom stereocenters. The maximum Gasteiger partial charge on any atom is 0.0234 e. The Kier molecular flexibility index (Phi) is 8.96. The van der Waals surface area contributed by atoms with Gasteiger partial charge in [0.2, 0.25) is 0 Å². The number of hydrogen-bond acceptors (Lipinski definition) is 3. The molecule has 0 saturated carbocycles. The third-order valence-corrected chi connectivity index (χ3v) is 5.21. The number of nitrogens with zero attached hydrogens (tertiary/aromatic N) is 2. The highest BCUT2D eigenvalue weighted by molar-refractivity contribution is 7.99. The Morgan fingerprint density at radius 2 is 1.50 bits per heavy atom. The van der Waals surface area contributed by atoms with E-state index >= 15 is 0 Å². The van der Waals surface area contributed by atoms with Gasteiger partial charge in [-0.1, -0.05) is 55.5 Å². The summed E-state index contributed by atoms with van der Waals surface area (Å²) in [5, 5.41) is 0. The molecule has 0 aromatic heterocycles. The highest BCUT2D eigenvalue weighted by atomic mass is 32.2. The summed E-state index contributed by atoms with van der Waals surface area (Å²) in [4.78, 5) is 6.34. The van der Waals surface area contributed by atoms with E-state index in [9.17, 15) is 0 Å². The average Bonchev–Trinajstić information content (AvgIpc) is 2.63. The second-order valence-electron chi connectivity index (χ2n) is 6.17. The molecule has 2 rings (SSSR count). The first kappa shape index (κ1) is 19.0. The third kappa shape index (κ3) is 7.52. The maximum absolute atomic E-state index is 2.59. The van der Waals surface area contributed by atoms with E-state index in [-0.39, 0.29) is 0 Å². The summed E-state index contributed by atoms with van der Waals surface area (Å²) in [5.74, 6) is 1.14. The second-order valence-corrected chi connectivity index (χ2v) is 7.34. The van der Waals surface area contributed by atoms with Crippen molar-refractivity contribution in [3.63, 3.8) is 0 Å². The van der Waals surface area contributed by atoms with Crippen LogP contribution in [0, 0.1) is 0 Å². The van der Waals surface area contributed by atoms with Gasteiger partial charge in [0.05, 0.1) is 0 Å². The van der Waals surface area contributed by atoms with Crippen molar-refractivity contribution in [2.24, 2.45) is 0 Å². The molecule has 0 saturated heterocycles. The van der Waals surface area contributed by atoms with Gasteiger partial charge in [-0.3, -0.25) is 4.90 Å². The van der Waals surface area contributed by atoms with Crippen LogP contribution >= 0.6 is 11.8 Å². The molecule has 2 aromatic rings. The molecule has 0 bridgehead atoms. The number of thioether (sulfide) groups is 1. The van der Waals surface area contributed by atoms with E-state index in [0.29, 0.717) is 0 Å². The van der Waals surface area contributed by atoms with E-state index in [0.717, 1.165) is 31.9 Å². The summed E-state index contributed by atoms with van der Waals surface area (Å²) in [6.07, 6.45) is 1.23. The summed E-state index contributed by atoms with van der Waals surface area (Å²) < 4.78 is 0. The fourth-order valence-corrected chi connectivity index (χ4v) is 3.58. The van der Waals surface area contributed by atoms with E-state index in [1.165, 1.54) is 23.4 Å². The molecule has 2 nitrogen and oxygen atoms in total. The predicted molar refractivity (Wildman–Crippen MR) is 107 cm³/mol. The highest BCUT2D eigenvalue weighted by Gasteiger charge is 2.07. The predicted octanol–water partition coefficient (Wildman–Crippen LogP) is 4.62. The van der Waals surface area contributed by atoms with Crippen molar-refractivity contribution < 1.29 is 0 Å². The first-order valence-corrected chi connectivity index (χ1v) is 9.89. The van der Waals surface area contributed by atoms with Crippen LogP contribution in [0.15, 0.2) is 65.6 Å². The molecule has 0 N–H and O–H groups in total. The Labute approximate surface area is 151 Å². The lowest BCUT2D eigenvalue weighted by molar-refractivity contribution is 0.253. The molecule has 3 heteroatoms. The summed E-state index contributed by atoms with van der Waals surface area (Å²) in [6.45, 7) is 7.86. The average molecular weight is 343 g/mol. The molecule has 0 heterocycles. The lowest BCUT2D eigenvalue weighted by Gasteiger charge is -2.23. The van der Waals surface area contributed by atoms with Gasteiger partial charge >= 0.3 is 0 Å². The minimum atomic E-state index is 1.05. The fraction of sp³-hybridized carbons (Fsp3) is 0.429. The monoisotopic (exact) mass is 342 g/mol. The Morgan fingerprint density at radius 3 is 2.17 bits per heavy atom. The molecular formula is C21H30N2S. The zero-order valence-electron chi connectivity index (χ0n) is 15.0. The van der Waals surface area contributed by atoms with Crippen LogP contribution in [-0.2, 0) is 6.54 Å². The molecule has 0 spiro atoms. The van der Waals surface area contributed by atoms with Crippen LogP contribution in [0.2, 0.25) is 0 Å². The van der Waals surface area contributed by atoms with Gasteiger partial charge in [-0.25, -0.2) is 0 Å². The Hall–Kier alpha value is -1.29. The van der Waals surface area contributed by atoms with E-state index in [1.54, 1.807) is 0 Å². The largest absolute Gasteiger partial charge is 0.307 e. The van der Waals surface area contributed by atoms with Gasteiger partial charge in [-0.05, 0) is 50.8 Å². The van der Waals surface area contributed by atoms with Gasteiger partial charge in [-0.2, -0.15) is 0 Å². The lowest BCUT2D eigenvalue weighted by Crippen LogP contribution is -2.30. The molecule has 0 radical (unpaired) electrons. The Balaban J connectivity index is 1.82. The second kappa shape index (κ2) is 11.3. The normalized spacial score (nSPS) is 11.3. The minimum absolute atomic E-state index is 1.05. The third-order valence-electron chi connectivity index (χ3n) is 4.22. The molecule has 0 aliphatic carbocycles. The molecule has 0 aliphatic rings. The van der Waals surface area contributed by atoms with E-state index in [4.69, 9.17) is 0 Å². The van der Waals surface area contributed by atoms with Crippen molar-refractivity contribution in [2.75, 3.05) is 39.0 Å². The van der Waals surface area contributed by atoms with Crippen LogP contribution in [0.5, 0.6) is 0 Å². The molecular weight excluding hydrogens is 312 g/mol. The van der Waals surface area contributed by atoms with Crippen molar-refractivity contribution in [2.45, 2.75) is 24.8 Å². The molecule has 130 valence electrons. The van der Waals surface area contributed by atoms with Gasteiger partial charge in [0.15, 0.2) is 0 Å². The standard InChI is InChI=1S/C21H30N2S/c1-3-22(2)15-10-16-23(19-20-11-6-4-7-12-20)17-18-24-21-13-8-5-9-14-21/h4-9,11-14H,3,10,15-19H2,1-2H3. The van der Waals surface area contributed by atoms with Gasteiger partial charge in [0.25, 0.3) is 0 Å². The maximum atomic E-state index is 2.59. The smallest absolute Gasteiger partial charge is 0.0234 e. The van der Waals surface area contributed by atoms with Crippen molar-refractivity contribution >= 4 is 11.8 Å². The van der Waals surface area contributed by atoms with Crippen LogP contribution in [-0.4, -0.2) is 48.8 Å². The van der Waals surface area contributed by atoms with Crippen LogP contribution in [0.1, 0.15) is 18.9 Å². The minimum Gasteiger partial charge on any atom is -0.307 e. The summed E-state index contributed by atoms with van der Waals surface area (Å²) in [6, 6.07) is 21.5. The summed E-state index contributed by atoms with van der Waals surface area (Å²) >= 11 is 1.95. The number of benzene rings is 2. The highest BCUT2D eigenvalue weighted by Crippen LogP contribution is 2.17. The molecule has 0 unspecified atom stereocenters. The van der Waals surface area contributed by atoms with Crippen LogP contribution in [0.3, 0.4) is 0 Å². The summed E-state index contributed by atoms with van der Waals surface area (Å²) in [7, 11) is 2.20. The van der Waals surface area contributed by atoms with Crippen LogP contribution in [0.4, 0.5) is 0 Å². The first-order chi connectivity index (χ1) is 11.8. The zero-order valence-corrected chi connectivity index (χ0v) is 15.8. The van der Waals surface area contributed by atoms with Crippen molar-refractivity contribution in [3.8, 4) is 0 Å². The lowest BCUT2D eigenvalue weighted by atomic mass is 10.2. The van der Waals surface area contributed by atoms with Crippen LogP contribution in [0.25, 0.3) is 0 Å². The van der Waals surface area contributed by atoms with Gasteiger partial charge < -0.3 is 4.90 Å². The molecule has 0 amide bonds. The first-order valence-electron chi connectivity index (χ1n) is 8.90. The Bertz CT molecular complexity index is 544.